The monoisotopic (exact) mass is 703 g/mol. The van der Waals surface area contributed by atoms with Gasteiger partial charge in [0.05, 0.1) is 10.6 Å². The molecule has 0 aliphatic rings. The fraction of sp³-hybridized carbons (Fsp3) is 0.297. The molecule has 4 aromatic rings. The first-order valence-electron chi connectivity index (χ1n) is 15.5. The molecule has 46 heavy (non-hydrogen) atoms. The number of amides is 2. The van der Waals surface area contributed by atoms with Crippen molar-refractivity contribution in [2.24, 2.45) is 0 Å². The summed E-state index contributed by atoms with van der Waals surface area (Å²) in [6.07, 6.45) is 1.98. The van der Waals surface area contributed by atoms with Crippen LogP contribution in [0, 0.1) is 20.8 Å². The number of nitrogens with zero attached hydrogens (tertiary/aromatic N) is 2. The Balaban J connectivity index is 1.81. The lowest BCUT2D eigenvalue weighted by Crippen LogP contribution is -2.53. The van der Waals surface area contributed by atoms with Crippen LogP contribution >= 0.6 is 15.9 Å². The number of sulfonamides is 1. The zero-order valence-corrected chi connectivity index (χ0v) is 29.3. The normalized spacial score (nSPS) is 11.9. The summed E-state index contributed by atoms with van der Waals surface area (Å²) in [6.45, 7) is 7.91. The zero-order chi connectivity index (χ0) is 33.3. The minimum atomic E-state index is -4.15. The number of hydrogen-bond acceptors (Lipinski definition) is 4. The van der Waals surface area contributed by atoms with Crippen LogP contribution in [0.1, 0.15) is 47.6 Å². The van der Waals surface area contributed by atoms with E-state index in [0.717, 1.165) is 49.4 Å². The highest BCUT2D eigenvalue weighted by Gasteiger charge is 2.34. The van der Waals surface area contributed by atoms with Crippen molar-refractivity contribution in [3.63, 3.8) is 0 Å². The van der Waals surface area contributed by atoms with Crippen molar-refractivity contribution in [1.82, 2.24) is 10.2 Å². The van der Waals surface area contributed by atoms with Gasteiger partial charge in [0.2, 0.25) is 11.8 Å². The highest BCUT2D eigenvalue weighted by atomic mass is 79.9. The molecule has 7 nitrogen and oxygen atoms in total. The van der Waals surface area contributed by atoms with Crippen LogP contribution in [0.15, 0.2) is 106 Å². The molecular weight excluding hydrogens is 662 g/mol. The molecule has 242 valence electrons. The second-order valence-corrected chi connectivity index (χ2v) is 14.4. The second-order valence-electron chi connectivity index (χ2n) is 11.6. The van der Waals surface area contributed by atoms with E-state index in [2.05, 4.69) is 21.2 Å². The Labute approximate surface area is 281 Å². The van der Waals surface area contributed by atoms with Gasteiger partial charge in [0.15, 0.2) is 0 Å². The van der Waals surface area contributed by atoms with Crippen molar-refractivity contribution in [2.75, 3.05) is 17.4 Å². The Hall–Kier alpha value is -3.95. The Morgan fingerprint density at radius 2 is 1.52 bits per heavy atom. The van der Waals surface area contributed by atoms with Gasteiger partial charge in [-0.2, -0.15) is 0 Å². The molecule has 1 atom stereocenters. The van der Waals surface area contributed by atoms with Crippen molar-refractivity contribution in [3.05, 3.63) is 129 Å². The van der Waals surface area contributed by atoms with E-state index < -0.39 is 28.5 Å². The number of benzene rings is 4. The molecule has 0 aromatic heterocycles. The number of anilines is 1. The summed E-state index contributed by atoms with van der Waals surface area (Å²) in [5.74, 6) is -0.764. The fourth-order valence-electron chi connectivity index (χ4n) is 5.14. The Kier molecular flexibility index (Phi) is 12.2. The molecule has 0 spiro atoms. The van der Waals surface area contributed by atoms with E-state index >= 15 is 0 Å². The lowest BCUT2D eigenvalue weighted by molar-refractivity contribution is -0.140. The average Bonchev–Trinajstić information content (AvgIpc) is 3.03. The average molecular weight is 705 g/mol. The summed E-state index contributed by atoms with van der Waals surface area (Å²) < 4.78 is 30.5. The van der Waals surface area contributed by atoms with Crippen LogP contribution in [-0.4, -0.2) is 44.3 Å². The Bertz CT molecular complexity index is 1740. The van der Waals surface area contributed by atoms with Crippen molar-refractivity contribution in [1.29, 1.82) is 0 Å². The molecule has 2 amide bonds. The molecule has 4 aromatic carbocycles. The first-order chi connectivity index (χ1) is 22.0. The number of halogens is 1. The molecule has 0 aliphatic carbocycles. The van der Waals surface area contributed by atoms with Crippen LogP contribution in [0.4, 0.5) is 5.69 Å². The van der Waals surface area contributed by atoms with Crippen LogP contribution in [-0.2, 0) is 32.6 Å². The van der Waals surface area contributed by atoms with Crippen molar-refractivity contribution < 1.29 is 18.0 Å². The largest absolute Gasteiger partial charge is 0.354 e. The maximum absolute atomic E-state index is 14.6. The van der Waals surface area contributed by atoms with E-state index in [1.807, 2.05) is 88.4 Å². The van der Waals surface area contributed by atoms with Crippen molar-refractivity contribution in [3.8, 4) is 0 Å². The summed E-state index contributed by atoms with van der Waals surface area (Å²) in [5, 5.41) is 3.02. The van der Waals surface area contributed by atoms with Gasteiger partial charge >= 0.3 is 0 Å². The smallest absolute Gasteiger partial charge is 0.264 e. The van der Waals surface area contributed by atoms with E-state index in [0.29, 0.717) is 12.2 Å². The number of hydrogen-bond donors (Lipinski definition) is 1. The van der Waals surface area contributed by atoms with Gasteiger partial charge in [-0.15, -0.1) is 0 Å². The molecule has 0 saturated heterocycles. The maximum Gasteiger partial charge on any atom is 0.264 e. The molecule has 1 unspecified atom stereocenters. The number of aryl methyl sites for hydroxylation is 3. The van der Waals surface area contributed by atoms with Crippen molar-refractivity contribution in [2.45, 2.75) is 64.4 Å². The standard InChI is InChI=1S/C37H42BrN3O4S/c1-5-6-21-39-37(43)35(24-30-11-8-7-9-12-30)40(25-31-13-10-14-32(38)23-31)36(42)26-41(33-18-17-28(3)29(4)22-33)46(44,45)34-19-15-27(2)16-20-34/h7-20,22-23,35H,5-6,21,24-26H2,1-4H3,(H,39,43). The molecule has 0 saturated carbocycles. The van der Waals surface area contributed by atoms with Crippen LogP contribution < -0.4 is 9.62 Å². The van der Waals surface area contributed by atoms with Gasteiger partial charge in [-0.1, -0.05) is 95.5 Å². The molecule has 9 heteroatoms. The van der Waals surface area contributed by atoms with E-state index in [4.69, 9.17) is 0 Å². The summed E-state index contributed by atoms with van der Waals surface area (Å²) in [7, 11) is -4.15. The SMILES string of the molecule is CCCCNC(=O)C(Cc1ccccc1)N(Cc1cccc(Br)c1)C(=O)CN(c1ccc(C)c(C)c1)S(=O)(=O)c1ccc(C)cc1. The van der Waals surface area contributed by atoms with Crippen molar-refractivity contribution >= 4 is 43.5 Å². The lowest BCUT2D eigenvalue weighted by atomic mass is 10.0. The molecule has 0 aliphatic heterocycles. The molecule has 0 radical (unpaired) electrons. The highest BCUT2D eigenvalue weighted by Crippen LogP contribution is 2.27. The second kappa shape index (κ2) is 16.1. The first-order valence-corrected chi connectivity index (χ1v) is 17.7. The number of carbonyl (C=O) groups excluding carboxylic acids is 2. The van der Waals surface area contributed by atoms with Crippen LogP contribution in [0.3, 0.4) is 0 Å². The summed E-state index contributed by atoms with van der Waals surface area (Å²) in [5.41, 5.74) is 4.91. The van der Waals surface area contributed by atoms with Gasteiger partial charge in [-0.25, -0.2) is 8.42 Å². The quantitative estimate of drug-likeness (QED) is 0.142. The third-order valence-electron chi connectivity index (χ3n) is 8.01. The van der Waals surface area contributed by atoms with E-state index in [-0.39, 0.29) is 23.8 Å². The molecule has 1 N–H and O–H groups in total. The van der Waals surface area contributed by atoms with Crippen LogP contribution in [0.5, 0.6) is 0 Å². The van der Waals surface area contributed by atoms with Gasteiger partial charge < -0.3 is 10.2 Å². The zero-order valence-electron chi connectivity index (χ0n) is 26.9. The number of unbranched alkanes of at least 4 members (excludes halogenated alkanes) is 1. The van der Waals surface area contributed by atoms with E-state index in [1.54, 1.807) is 36.4 Å². The van der Waals surface area contributed by atoms with Gasteiger partial charge in [0.25, 0.3) is 10.0 Å². The first kappa shape index (κ1) is 34.9. The number of rotatable bonds is 14. The van der Waals surface area contributed by atoms with E-state index in [9.17, 15) is 18.0 Å². The third kappa shape index (κ3) is 9.07. The summed E-state index contributed by atoms with van der Waals surface area (Å²) >= 11 is 3.52. The van der Waals surface area contributed by atoms with Gasteiger partial charge in [0, 0.05) is 24.0 Å². The van der Waals surface area contributed by atoms with Crippen LogP contribution in [0.2, 0.25) is 0 Å². The Morgan fingerprint density at radius 1 is 0.826 bits per heavy atom. The molecule has 0 fully saturated rings. The minimum absolute atomic E-state index is 0.0841. The molecule has 0 bridgehead atoms. The predicted molar refractivity (Wildman–Crippen MR) is 188 cm³/mol. The van der Waals surface area contributed by atoms with E-state index in [1.165, 1.54) is 4.90 Å². The molecule has 4 rings (SSSR count). The maximum atomic E-state index is 14.6. The topological polar surface area (TPSA) is 86.8 Å². The van der Waals surface area contributed by atoms with Crippen LogP contribution in [0.25, 0.3) is 0 Å². The summed E-state index contributed by atoms with van der Waals surface area (Å²) in [6, 6.07) is 28.2. The highest BCUT2D eigenvalue weighted by molar-refractivity contribution is 9.10. The van der Waals surface area contributed by atoms with Gasteiger partial charge in [0.1, 0.15) is 12.6 Å². The minimum Gasteiger partial charge on any atom is -0.354 e. The van der Waals surface area contributed by atoms with Gasteiger partial charge in [-0.05, 0) is 85.8 Å². The lowest BCUT2D eigenvalue weighted by Gasteiger charge is -2.34. The Morgan fingerprint density at radius 3 is 2.17 bits per heavy atom. The number of nitrogens with one attached hydrogen (secondary N) is 1. The summed E-state index contributed by atoms with van der Waals surface area (Å²) in [4.78, 5) is 30.1. The third-order valence-corrected chi connectivity index (χ3v) is 10.3. The number of carbonyl (C=O) groups is 2. The molecular formula is C37H42BrN3O4S. The predicted octanol–water partition coefficient (Wildman–Crippen LogP) is 7.13. The van der Waals surface area contributed by atoms with Gasteiger partial charge in [-0.3, -0.25) is 13.9 Å². The fourth-order valence-corrected chi connectivity index (χ4v) is 6.99. The molecule has 0 heterocycles.